The molecule has 2 fully saturated rings. The van der Waals surface area contributed by atoms with Gasteiger partial charge in [0, 0.05) is 42.2 Å². The average molecular weight is 517 g/mol. The van der Waals surface area contributed by atoms with E-state index in [-0.39, 0.29) is 29.9 Å². The van der Waals surface area contributed by atoms with Gasteiger partial charge in [0.25, 0.3) is 0 Å². The highest BCUT2D eigenvalue weighted by molar-refractivity contribution is 5.95. The fraction of sp³-hybridized carbons (Fsp3) is 0.533. The SMILES string of the molecule is COC(=O)N1c2ccc3c(nc(Cc4ccc(OC5CC5)nc4)n3[C@@H]3CCC[C@@H](C(C)=O)C3)c2CC[C@@H]1C. The summed E-state index contributed by atoms with van der Waals surface area (Å²) in [6.45, 7) is 3.78. The van der Waals surface area contributed by atoms with Crippen molar-refractivity contribution in [2.45, 2.75) is 89.8 Å². The number of aromatic nitrogens is 3. The van der Waals surface area contributed by atoms with Gasteiger partial charge >= 0.3 is 6.09 Å². The van der Waals surface area contributed by atoms with E-state index in [0.717, 1.165) is 85.0 Å². The second kappa shape index (κ2) is 10.0. The molecule has 1 aliphatic heterocycles. The molecule has 1 aromatic carbocycles. The molecule has 8 heteroatoms. The Morgan fingerprint density at radius 2 is 1.92 bits per heavy atom. The number of fused-ring (bicyclic) bond motifs is 3. The number of hydrogen-bond acceptors (Lipinski definition) is 6. The van der Waals surface area contributed by atoms with Crippen LogP contribution in [0.1, 0.15) is 81.8 Å². The number of carbonyl (C=O) groups excluding carboxylic acids is 2. The highest BCUT2D eigenvalue weighted by Crippen LogP contribution is 2.41. The molecule has 0 bridgehead atoms. The first-order valence-corrected chi connectivity index (χ1v) is 13.9. The summed E-state index contributed by atoms with van der Waals surface area (Å²) in [5, 5.41) is 0. The molecule has 3 aliphatic rings. The number of amides is 1. The predicted molar refractivity (Wildman–Crippen MR) is 145 cm³/mol. The zero-order valence-electron chi connectivity index (χ0n) is 22.5. The number of methoxy groups -OCH3 is 1. The van der Waals surface area contributed by atoms with Crippen LogP contribution in [0.25, 0.3) is 11.0 Å². The third-order valence-electron chi connectivity index (χ3n) is 8.46. The number of pyridine rings is 1. The molecule has 3 aromatic rings. The molecule has 8 nitrogen and oxygen atoms in total. The summed E-state index contributed by atoms with van der Waals surface area (Å²) in [6, 6.07) is 8.43. The Bertz CT molecular complexity index is 1360. The molecule has 0 saturated heterocycles. The maximum Gasteiger partial charge on any atom is 0.414 e. The van der Waals surface area contributed by atoms with Crippen molar-refractivity contribution >= 4 is 28.6 Å². The number of imidazole rings is 1. The van der Waals surface area contributed by atoms with Crippen LogP contribution in [0.3, 0.4) is 0 Å². The second-order valence-electron chi connectivity index (χ2n) is 11.2. The molecule has 2 aromatic heterocycles. The molecule has 0 unspecified atom stereocenters. The van der Waals surface area contributed by atoms with Crippen molar-refractivity contribution < 1.29 is 19.1 Å². The third kappa shape index (κ3) is 4.65. The maximum atomic E-state index is 12.7. The van der Waals surface area contributed by atoms with Gasteiger partial charge in [0.1, 0.15) is 17.7 Å². The van der Waals surface area contributed by atoms with E-state index >= 15 is 0 Å². The molecular weight excluding hydrogens is 480 g/mol. The van der Waals surface area contributed by atoms with Crippen LogP contribution in [0, 0.1) is 5.92 Å². The summed E-state index contributed by atoms with van der Waals surface area (Å²) < 4.78 is 13.3. The number of ether oxygens (including phenoxy) is 2. The van der Waals surface area contributed by atoms with Gasteiger partial charge in [0.2, 0.25) is 5.88 Å². The maximum absolute atomic E-state index is 12.7. The van der Waals surface area contributed by atoms with Gasteiger partial charge in [-0.2, -0.15) is 0 Å². The van der Waals surface area contributed by atoms with E-state index in [2.05, 4.69) is 28.6 Å². The predicted octanol–water partition coefficient (Wildman–Crippen LogP) is 5.79. The van der Waals surface area contributed by atoms with Gasteiger partial charge in [-0.15, -0.1) is 0 Å². The monoisotopic (exact) mass is 516 g/mol. The van der Waals surface area contributed by atoms with Crippen LogP contribution < -0.4 is 9.64 Å². The Balaban J connectivity index is 1.42. The lowest BCUT2D eigenvalue weighted by Gasteiger charge is -2.34. The number of aryl methyl sites for hydroxylation is 1. The van der Waals surface area contributed by atoms with E-state index in [0.29, 0.717) is 18.4 Å². The number of hydrogen-bond donors (Lipinski definition) is 0. The lowest BCUT2D eigenvalue weighted by Crippen LogP contribution is -2.42. The summed E-state index contributed by atoms with van der Waals surface area (Å²) in [7, 11) is 1.43. The molecule has 6 rings (SSSR count). The number of Topliss-reactive ketones (excluding diaryl/α,β-unsaturated/α-hetero) is 1. The van der Waals surface area contributed by atoms with Crippen molar-refractivity contribution in [2.24, 2.45) is 5.92 Å². The summed E-state index contributed by atoms with van der Waals surface area (Å²) >= 11 is 0. The molecule has 0 N–H and O–H groups in total. The lowest BCUT2D eigenvalue weighted by molar-refractivity contribution is -0.122. The Hall–Kier alpha value is -3.42. The van der Waals surface area contributed by atoms with Crippen molar-refractivity contribution in [1.82, 2.24) is 14.5 Å². The molecule has 2 aliphatic carbocycles. The highest BCUT2D eigenvalue weighted by atomic mass is 16.5. The van der Waals surface area contributed by atoms with Gasteiger partial charge in [-0.05, 0) is 76.5 Å². The minimum Gasteiger partial charge on any atom is -0.474 e. The van der Waals surface area contributed by atoms with Gasteiger partial charge in [0.15, 0.2) is 0 Å². The first kappa shape index (κ1) is 24.9. The first-order valence-electron chi connectivity index (χ1n) is 13.9. The number of ketones is 1. The number of rotatable bonds is 6. The lowest BCUT2D eigenvalue weighted by atomic mass is 9.83. The minimum atomic E-state index is -0.339. The summed E-state index contributed by atoms with van der Waals surface area (Å²) in [5.41, 5.74) is 5.07. The number of benzene rings is 1. The average Bonchev–Trinajstić information content (AvgIpc) is 3.66. The van der Waals surface area contributed by atoms with E-state index in [1.165, 1.54) is 7.11 Å². The van der Waals surface area contributed by atoms with Crippen molar-refractivity contribution in [3.8, 4) is 5.88 Å². The van der Waals surface area contributed by atoms with E-state index < -0.39 is 0 Å². The molecule has 3 atom stereocenters. The molecule has 2 saturated carbocycles. The standard InChI is InChI=1S/C30H36N4O4/c1-18-7-11-24-25(33(18)30(36)37-3)12-13-26-29(24)32-27(34(26)22-6-4-5-21(16-22)19(2)35)15-20-8-14-28(31-17-20)38-23-9-10-23/h8,12-14,17-18,21-23H,4-7,9-11,15-16H2,1-3H3/t18-,21+,22+/m0/s1. The first-order chi connectivity index (χ1) is 18.4. The fourth-order valence-corrected chi connectivity index (χ4v) is 6.25. The molecular formula is C30H36N4O4. The minimum absolute atomic E-state index is 0.0612. The van der Waals surface area contributed by atoms with Gasteiger partial charge in [0.05, 0.1) is 23.8 Å². The molecule has 3 heterocycles. The van der Waals surface area contributed by atoms with E-state index in [4.69, 9.17) is 14.5 Å². The Labute approximate surface area is 223 Å². The Morgan fingerprint density at radius 3 is 2.63 bits per heavy atom. The van der Waals surface area contributed by atoms with Crippen LogP contribution in [0.4, 0.5) is 10.5 Å². The van der Waals surface area contributed by atoms with Gasteiger partial charge in [-0.1, -0.05) is 12.5 Å². The summed E-state index contributed by atoms with van der Waals surface area (Å²) in [5.74, 6) is 2.01. The van der Waals surface area contributed by atoms with Crippen LogP contribution in [0.15, 0.2) is 30.5 Å². The zero-order valence-corrected chi connectivity index (χ0v) is 22.5. The third-order valence-corrected chi connectivity index (χ3v) is 8.46. The van der Waals surface area contributed by atoms with Crippen LogP contribution in [0.5, 0.6) is 5.88 Å². The van der Waals surface area contributed by atoms with Crippen molar-refractivity contribution in [3.05, 3.63) is 47.4 Å². The smallest absolute Gasteiger partial charge is 0.414 e. The molecule has 1 amide bonds. The van der Waals surface area contributed by atoms with Gasteiger partial charge in [-0.25, -0.2) is 14.8 Å². The zero-order chi connectivity index (χ0) is 26.4. The van der Waals surface area contributed by atoms with E-state index in [1.807, 2.05) is 18.3 Å². The number of anilines is 1. The van der Waals surface area contributed by atoms with Gasteiger partial charge < -0.3 is 14.0 Å². The van der Waals surface area contributed by atoms with E-state index in [9.17, 15) is 9.59 Å². The van der Waals surface area contributed by atoms with Crippen LogP contribution in [-0.2, 0) is 22.4 Å². The molecule has 0 spiro atoms. The highest BCUT2D eigenvalue weighted by Gasteiger charge is 2.33. The van der Waals surface area contributed by atoms with Crippen LogP contribution in [0.2, 0.25) is 0 Å². The van der Waals surface area contributed by atoms with Gasteiger partial charge in [-0.3, -0.25) is 9.69 Å². The Kier molecular flexibility index (Phi) is 6.58. The largest absolute Gasteiger partial charge is 0.474 e. The van der Waals surface area contributed by atoms with Crippen molar-refractivity contribution in [1.29, 1.82) is 0 Å². The summed E-state index contributed by atoms with van der Waals surface area (Å²) in [4.78, 5) is 36.5. The molecule has 0 radical (unpaired) electrons. The van der Waals surface area contributed by atoms with Crippen LogP contribution >= 0.6 is 0 Å². The second-order valence-corrected chi connectivity index (χ2v) is 11.2. The Morgan fingerprint density at radius 1 is 1.08 bits per heavy atom. The van der Waals surface area contributed by atoms with Crippen molar-refractivity contribution in [2.75, 3.05) is 12.0 Å². The fourth-order valence-electron chi connectivity index (χ4n) is 6.25. The van der Waals surface area contributed by atoms with Crippen LogP contribution in [-0.4, -0.2) is 45.7 Å². The topological polar surface area (TPSA) is 86.5 Å². The van der Waals surface area contributed by atoms with E-state index in [1.54, 1.807) is 11.8 Å². The summed E-state index contributed by atoms with van der Waals surface area (Å²) in [6.07, 6.45) is 10.3. The molecule has 38 heavy (non-hydrogen) atoms. The van der Waals surface area contributed by atoms with Crippen molar-refractivity contribution in [3.63, 3.8) is 0 Å². The number of carbonyl (C=O) groups is 2. The number of nitrogens with zero attached hydrogens (tertiary/aromatic N) is 4. The molecule has 200 valence electrons. The normalized spacial score (nSPS) is 23.2. The quantitative estimate of drug-likeness (QED) is 0.412.